The Balaban J connectivity index is 0.000000191. The van der Waals surface area contributed by atoms with E-state index in [2.05, 4.69) is 10.2 Å². The highest BCUT2D eigenvalue weighted by atomic mass is 16.4. The van der Waals surface area contributed by atoms with Crippen molar-refractivity contribution in [2.75, 3.05) is 39.3 Å². The minimum absolute atomic E-state index is 0.0671. The van der Waals surface area contributed by atoms with Crippen molar-refractivity contribution in [1.29, 1.82) is 0 Å². The van der Waals surface area contributed by atoms with Gasteiger partial charge >= 0.3 is 5.97 Å². The summed E-state index contributed by atoms with van der Waals surface area (Å²) >= 11 is 0. The van der Waals surface area contributed by atoms with Gasteiger partial charge in [-0.05, 0) is 12.1 Å². The summed E-state index contributed by atoms with van der Waals surface area (Å²) < 4.78 is 0. The lowest BCUT2D eigenvalue weighted by atomic mass is 10.2. The summed E-state index contributed by atoms with van der Waals surface area (Å²) in [4.78, 5) is 12.6. The van der Waals surface area contributed by atoms with Gasteiger partial charge in [-0.1, -0.05) is 12.1 Å². The Labute approximate surface area is 112 Å². The molecule has 2 rings (SSSR count). The minimum Gasteiger partial charge on any atom is -0.507 e. The molecule has 1 aromatic carbocycles. The van der Waals surface area contributed by atoms with Crippen molar-refractivity contribution in [1.82, 2.24) is 10.2 Å². The van der Waals surface area contributed by atoms with Crippen LogP contribution in [0.1, 0.15) is 10.4 Å². The van der Waals surface area contributed by atoms with Crippen LogP contribution < -0.4 is 11.1 Å². The summed E-state index contributed by atoms with van der Waals surface area (Å²) in [5.74, 6) is -1.31. The van der Waals surface area contributed by atoms with Crippen LogP contribution >= 0.6 is 0 Å². The van der Waals surface area contributed by atoms with Gasteiger partial charge in [-0.15, -0.1) is 0 Å². The van der Waals surface area contributed by atoms with Crippen LogP contribution in [0.25, 0.3) is 0 Å². The van der Waals surface area contributed by atoms with E-state index in [0.29, 0.717) is 0 Å². The molecular weight excluding hydrogens is 246 g/mol. The zero-order valence-electron chi connectivity index (χ0n) is 10.9. The number of aromatic hydroxyl groups is 1. The molecule has 5 N–H and O–H groups in total. The number of carbonyl (C=O) groups is 1. The Morgan fingerprint density at radius 3 is 2.42 bits per heavy atom. The molecule has 0 aliphatic carbocycles. The van der Waals surface area contributed by atoms with Crippen LogP contribution in [0.2, 0.25) is 0 Å². The van der Waals surface area contributed by atoms with E-state index >= 15 is 0 Å². The zero-order chi connectivity index (χ0) is 14.1. The third-order valence-corrected chi connectivity index (χ3v) is 2.79. The van der Waals surface area contributed by atoms with Gasteiger partial charge in [0.15, 0.2) is 0 Å². The zero-order valence-corrected chi connectivity index (χ0v) is 10.9. The van der Waals surface area contributed by atoms with Gasteiger partial charge in [0, 0.05) is 39.3 Å². The van der Waals surface area contributed by atoms with Crippen molar-refractivity contribution in [3.05, 3.63) is 29.8 Å². The minimum atomic E-state index is -1.11. The monoisotopic (exact) mass is 267 g/mol. The molecule has 0 unspecified atom stereocenters. The molecule has 1 saturated heterocycles. The van der Waals surface area contributed by atoms with E-state index in [1.54, 1.807) is 12.1 Å². The van der Waals surface area contributed by atoms with Gasteiger partial charge in [0.1, 0.15) is 11.3 Å². The Morgan fingerprint density at radius 2 is 1.95 bits per heavy atom. The summed E-state index contributed by atoms with van der Waals surface area (Å²) in [6, 6.07) is 5.81. The number of nitrogens with one attached hydrogen (secondary N) is 1. The maximum Gasteiger partial charge on any atom is 0.339 e. The van der Waals surface area contributed by atoms with Crippen molar-refractivity contribution in [3.8, 4) is 5.75 Å². The summed E-state index contributed by atoms with van der Waals surface area (Å²) in [6.07, 6.45) is 0. The van der Waals surface area contributed by atoms with Crippen molar-refractivity contribution in [2.24, 2.45) is 5.73 Å². The van der Waals surface area contributed by atoms with E-state index in [1.807, 2.05) is 0 Å². The first kappa shape index (κ1) is 15.4. The number of hydrogen-bond donors (Lipinski definition) is 4. The highest BCUT2D eigenvalue weighted by Gasteiger charge is 2.06. The molecule has 6 nitrogen and oxygen atoms in total. The maximum atomic E-state index is 10.3. The van der Waals surface area contributed by atoms with E-state index in [-0.39, 0.29) is 11.3 Å². The number of phenols is 1. The summed E-state index contributed by atoms with van der Waals surface area (Å²) in [7, 11) is 0. The summed E-state index contributed by atoms with van der Waals surface area (Å²) in [5, 5.41) is 20.6. The van der Waals surface area contributed by atoms with Crippen LogP contribution in [0.5, 0.6) is 5.75 Å². The number of aromatic carboxylic acids is 1. The number of nitrogens with two attached hydrogens (primary N) is 1. The lowest BCUT2D eigenvalue weighted by Gasteiger charge is -2.26. The second-order valence-corrected chi connectivity index (χ2v) is 4.20. The molecule has 1 aromatic rings. The van der Waals surface area contributed by atoms with Crippen molar-refractivity contribution >= 4 is 5.97 Å². The normalized spacial score (nSPS) is 15.4. The van der Waals surface area contributed by atoms with Crippen molar-refractivity contribution in [3.63, 3.8) is 0 Å². The Kier molecular flexibility index (Phi) is 6.88. The third kappa shape index (κ3) is 5.69. The smallest absolute Gasteiger partial charge is 0.339 e. The lowest BCUT2D eigenvalue weighted by Crippen LogP contribution is -2.45. The number of piperazine rings is 1. The van der Waals surface area contributed by atoms with Gasteiger partial charge in [-0.2, -0.15) is 0 Å². The molecule has 0 radical (unpaired) electrons. The molecule has 0 amide bonds. The number of carboxylic acids is 1. The maximum absolute atomic E-state index is 10.3. The highest BCUT2D eigenvalue weighted by Crippen LogP contribution is 2.14. The average molecular weight is 267 g/mol. The van der Waals surface area contributed by atoms with E-state index in [9.17, 15) is 4.79 Å². The topological polar surface area (TPSA) is 98.8 Å². The van der Waals surface area contributed by atoms with Crippen molar-refractivity contribution in [2.45, 2.75) is 0 Å². The Morgan fingerprint density at radius 1 is 1.32 bits per heavy atom. The molecule has 1 heterocycles. The SMILES string of the molecule is NCCN1CCNCC1.O=C(O)c1ccccc1O. The molecule has 19 heavy (non-hydrogen) atoms. The molecule has 0 saturated carbocycles. The van der Waals surface area contributed by atoms with Crippen LogP contribution in [-0.4, -0.2) is 60.4 Å². The number of para-hydroxylation sites is 1. The predicted octanol–water partition coefficient (Wildman–Crippen LogP) is -0.0593. The third-order valence-electron chi connectivity index (χ3n) is 2.79. The van der Waals surface area contributed by atoms with Gasteiger partial charge in [-0.25, -0.2) is 4.79 Å². The Bertz CT molecular complexity index is 390. The van der Waals surface area contributed by atoms with Gasteiger partial charge in [0.25, 0.3) is 0 Å². The predicted molar refractivity (Wildman–Crippen MR) is 73.4 cm³/mol. The fraction of sp³-hybridized carbons (Fsp3) is 0.462. The second kappa shape index (κ2) is 8.47. The highest BCUT2D eigenvalue weighted by molar-refractivity contribution is 5.90. The molecule has 1 aliphatic heterocycles. The molecule has 6 heteroatoms. The average Bonchev–Trinajstić information content (AvgIpc) is 2.41. The molecule has 106 valence electrons. The van der Waals surface area contributed by atoms with Crippen molar-refractivity contribution < 1.29 is 15.0 Å². The van der Waals surface area contributed by atoms with E-state index in [4.69, 9.17) is 15.9 Å². The van der Waals surface area contributed by atoms with Crippen LogP contribution in [-0.2, 0) is 0 Å². The van der Waals surface area contributed by atoms with Gasteiger partial charge in [0.05, 0.1) is 0 Å². The van der Waals surface area contributed by atoms with E-state index < -0.39 is 5.97 Å². The first-order valence-corrected chi connectivity index (χ1v) is 6.29. The molecule has 0 bridgehead atoms. The van der Waals surface area contributed by atoms with Gasteiger partial charge < -0.3 is 21.3 Å². The molecular formula is C13H21N3O3. The molecule has 0 aromatic heterocycles. The fourth-order valence-corrected chi connectivity index (χ4v) is 1.77. The number of rotatable bonds is 3. The van der Waals surface area contributed by atoms with Gasteiger partial charge in [-0.3, -0.25) is 4.90 Å². The first-order chi connectivity index (χ1) is 9.15. The number of nitrogens with zero attached hydrogens (tertiary/aromatic N) is 1. The molecule has 0 spiro atoms. The van der Waals surface area contributed by atoms with Crippen LogP contribution in [0, 0.1) is 0 Å². The second-order valence-electron chi connectivity index (χ2n) is 4.20. The number of carboxylic acid groups (broad SMARTS) is 1. The molecule has 1 aliphatic rings. The van der Waals surface area contributed by atoms with Crippen LogP contribution in [0.3, 0.4) is 0 Å². The number of benzene rings is 1. The molecule has 1 fully saturated rings. The van der Waals surface area contributed by atoms with Crippen LogP contribution in [0.15, 0.2) is 24.3 Å². The summed E-state index contributed by atoms with van der Waals surface area (Å²) in [6.45, 7) is 6.43. The van der Waals surface area contributed by atoms with Crippen LogP contribution in [0.4, 0.5) is 0 Å². The van der Waals surface area contributed by atoms with Gasteiger partial charge in [0.2, 0.25) is 0 Å². The fourth-order valence-electron chi connectivity index (χ4n) is 1.77. The molecule has 0 atom stereocenters. The largest absolute Gasteiger partial charge is 0.507 e. The Hall–Kier alpha value is -1.63. The quantitative estimate of drug-likeness (QED) is 0.612. The number of hydrogen-bond acceptors (Lipinski definition) is 5. The lowest BCUT2D eigenvalue weighted by molar-refractivity contribution is 0.0694. The van der Waals surface area contributed by atoms with E-state index in [0.717, 1.165) is 39.3 Å². The summed E-state index contributed by atoms with van der Waals surface area (Å²) in [5.41, 5.74) is 5.33. The first-order valence-electron chi connectivity index (χ1n) is 6.29. The standard InChI is InChI=1S/C7H6O3.C6H15N3/c8-6-4-2-1-3-5(6)7(9)10;7-1-4-9-5-2-8-3-6-9/h1-4,8H,(H,9,10);8H,1-7H2. The van der Waals surface area contributed by atoms with E-state index in [1.165, 1.54) is 12.1 Å².